The molecule has 4 N–H and O–H groups in total. The first-order valence-electron chi connectivity index (χ1n) is 17.6. The Morgan fingerprint density at radius 3 is 2.15 bits per heavy atom. The molecule has 0 spiro atoms. The van der Waals surface area contributed by atoms with E-state index >= 15 is 0 Å². The van der Waals surface area contributed by atoms with Crippen LogP contribution in [-0.2, 0) is 37.8 Å². The lowest BCUT2D eigenvalue weighted by Crippen LogP contribution is -2.46. The Kier molecular flexibility index (Phi) is 10.4. The highest BCUT2D eigenvalue weighted by Gasteiger charge is 2.31. The van der Waals surface area contributed by atoms with E-state index in [1.54, 1.807) is 51.2 Å². The highest BCUT2D eigenvalue weighted by atomic mass is 32.2. The van der Waals surface area contributed by atoms with Gasteiger partial charge in [-0.05, 0) is 51.9 Å². The molecule has 6 aromatic rings. The number of para-hydroxylation sites is 2. The second kappa shape index (κ2) is 15.5. The number of imidazole rings is 1. The molecule has 1 aliphatic rings. The minimum Gasteiger partial charge on any atom is -0.508 e. The molecule has 2 aromatic heterocycles. The summed E-state index contributed by atoms with van der Waals surface area (Å²) >= 11 is 0. The van der Waals surface area contributed by atoms with E-state index in [1.165, 1.54) is 29.2 Å². The number of alkyl carbamates (subject to hydrolysis) is 1. The Hall–Kier alpha value is -6.48. The number of carbonyl (C=O) groups is 2. The third-order valence-electron chi connectivity index (χ3n) is 9.26. The van der Waals surface area contributed by atoms with Crippen LogP contribution in [0.2, 0.25) is 0 Å². The van der Waals surface area contributed by atoms with Crippen molar-refractivity contribution in [3.8, 4) is 16.9 Å². The first-order valence-corrected chi connectivity index (χ1v) is 19.1. The summed E-state index contributed by atoms with van der Waals surface area (Å²) < 4.78 is 41.8. The number of nitrogens with zero attached hydrogens (tertiary/aromatic N) is 4. The number of carbonyl (C=O) groups excluding carboxylic acids is 2. The Bertz CT molecular complexity index is 2460. The molecule has 0 bridgehead atoms. The van der Waals surface area contributed by atoms with Gasteiger partial charge in [-0.15, -0.1) is 0 Å². The Morgan fingerprint density at radius 1 is 0.873 bits per heavy atom. The van der Waals surface area contributed by atoms with Gasteiger partial charge in [-0.3, -0.25) is 4.72 Å². The SMILES string of the molecule is CC(C)[C@H](NC(=O)OCC1c2ccccc2-c2ccccc21)C(=O)OCCc1ccc(O)cc1Nc1nc2ccccc2nc1NS(=O)(=O)c1cn(C)cn1. The second-order valence-corrected chi connectivity index (χ2v) is 15.1. The molecule has 0 aliphatic heterocycles. The molecule has 14 nitrogen and oxygen atoms in total. The van der Waals surface area contributed by atoms with Crippen molar-refractivity contribution in [3.05, 3.63) is 120 Å². The molecule has 0 radical (unpaired) electrons. The number of aromatic hydroxyl groups is 1. The number of aryl methyl sites for hydroxylation is 1. The van der Waals surface area contributed by atoms with Gasteiger partial charge in [0.2, 0.25) is 0 Å². The van der Waals surface area contributed by atoms with Crippen LogP contribution in [0.5, 0.6) is 5.75 Å². The number of benzene rings is 4. The highest BCUT2D eigenvalue weighted by molar-refractivity contribution is 7.92. The van der Waals surface area contributed by atoms with E-state index in [4.69, 9.17) is 9.47 Å². The van der Waals surface area contributed by atoms with Crippen LogP contribution in [0.3, 0.4) is 0 Å². The van der Waals surface area contributed by atoms with Crippen molar-refractivity contribution in [2.45, 2.75) is 37.3 Å². The van der Waals surface area contributed by atoms with Crippen LogP contribution in [0.25, 0.3) is 22.2 Å². The zero-order valence-electron chi connectivity index (χ0n) is 30.3. The minimum absolute atomic E-state index is 0.0641. The molecule has 1 aliphatic carbocycles. The number of sulfonamides is 1. The van der Waals surface area contributed by atoms with Gasteiger partial charge in [0.05, 0.1) is 24.0 Å². The van der Waals surface area contributed by atoms with Gasteiger partial charge in [-0.2, -0.15) is 8.42 Å². The molecular formula is C40H39N7O7S. The summed E-state index contributed by atoms with van der Waals surface area (Å²) in [6, 6.07) is 26.6. The number of amides is 1. The molecule has 7 rings (SSSR count). The van der Waals surface area contributed by atoms with Gasteiger partial charge in [0.15, 0.2) is 16.7 Å². The number of fused-ring (bicyclic) bond motifs is 4. The van der Waals surface area contributed by atoms with Crippen LogP contribution >= 0.6 is 0 Å². The van der Waals surface area contributed by atoms with Crippen LogP contribution in [0.15, 0.2) is 109 Å². The molecule has 0 saturated heterocycles. The maximum Gasteiger partial charge on any atom is 0.407 e. The molecule has 55 heavy (non-hydrogen) atoms. The molecule has 282 valence electrons. The predicted octanol–water partition coefficient (Wildman–Crippen LogP) is 6.26. The van der Waals surface area contributed by atoms with E-state index in [2.05, 4.69) is 42.4 Å². The van der Waals surface area contributed by atoms with E-state index in [0.29, 0.717) is 22.3 Å². The van der Waals surface area contributed by atoms with E-state index in [-0.39, 0.29) is 53.9 Å². The Balaban J connectivity index is 1.02. The number of aromatic nitrogens is 4. The van der Waals surface area contributed by atoms with Crippen molar-refractivity contribution in [2.24, 2.45) is 13.0 Å². The van der Waals surface area contributed by atoms with Gasteiger partial charge in [0.25, 0.3) is 10.0 Å². The Labute approximate surface area is 317 Å². The molecule has 1 atom stereocenters. The van der Waals surface area contributed by atoms with Crippen LogP contribution in [0.4, 0.5) is 22.1 Å². The molecule has 1 amide bonds. The molecule has 0 saturated carbocycles. The number of esters is 1. The van der Waals surface area contributed by atoms with E-state index < -0.39 is 28.1 Å². The van der Waals surface area contributed by atoms with Gasteiger partial charge in [-0.25, -0.2) is 24.5 Å². The van der Waals surface area contributed by atoms with Crippen LogP contribution in [0, 0.1) is 5.92 Å². The average Bonchev–Trinajstić information content (AvgIpc) is 3.75. The average molecular weight is 762 g/mol. The van der Waals surface area contributed by atoms with Crippen molar-refractivity contribution in [3.63, 3.8) is 0 Å². The monoisotopic (exact) mass is 761 g/mol. The minimum atomic E-state index is -4.14. The van der Waals surface area contributed by atoms with E-state index in [1.807, 2.05) is 36.4 Å². The predicted molar refractivity (Wildman–Crippen MR) is 206 cm³/mol. The molecule has 2 heterocycles. The standard InChI is InChI=1S/C40H39N7O7S/c1-24(2)36(45-40(50)54-22-31-29-12-6-4-10-27(29)28-11-5-7-13-30(28)31)39(49)53-19-18-25-16-17-26(48)20-34(25)44-37-38(43-33-15-9-8-14-32(33)42-37)46-55(51,52)35-21-47(3)23-41-35/h4-17,20-21,23-24,31,36,48H,18-19,22H2,1-3H3,(H,42,44)(H,43,46)(H,45,50)/t36-/m0/s1. The zero-order valence-corrected chi connectivity index (χ0v) is 31.1. The summed E-state index contributed by atoms with van der Waals surface area (Å²) in [5.41, 5.74) is 6.30. The number of rotatable bonds is 13. The number of anilines is 3. The van der Waals surface area contributed by atoms with Crippen LogP contribution < -0.4 is 15.4 Å². The smallest absolute Gasteiger partial charge is 0.407 e. The first-order chi connectivity index (χ1) is 26.5. The maximum atomic E-state index is 13.3. The van der Waals surface area contributed by atoms with Crippen molar-refractivity contribution < 1.29 is 32.6 Å². The van der Waals surface area contributed by atoms with Crippen LogP contribution in [-0.4, -0.2) is 64.4 Å². The van der Waals surface area contributed by atoms with E-state index in [9.17, 15) is 23.1 Å². The fraction of sp³-hybridized carbons (Fsp3) is 0.225. The largest absolute Gasteiger partial charge is 0.508 e. The molecule has 0 fully saturated rings. The van der Waals surface area contributed by atoms with Gasteiger partial charge < -0.3 is 29.8 Å². The summed E-state index contributed by atoms with van der Waals surface area (Å²) in [6.45, 7) is 3.62. The van der Waals surface area contributed by atoms with Crippen molar-refractivity contribution in [1.82, 2.24) is 24.8 Å². The third-order valence-corrected chi connectivity index (χ3v) is 10.5. The van der Waals surface area contributed by atoms with Gasteiger partial charge >= 0.3 is 12.1 Å². The third kappa shape index (κ3) is 8.06. The number of ether oxygens (including phenoxy) is 2. The summed E-state index contributed by atoms with van der Waals surface area (Å²) in [5.74, 6) is -1.17. The molecule has 15 heteroatoms. The fourth-order valence-corrected chi connectivity index (χ4v) is 7.50. The topological polar surface area (TPSA) is 187 Å². The number of hydrogen-bond donors (Lipinski definition) is 4. The fourth-order valence-electron chi connectivity index (χ4n) is 6.51. The van der Waals surface area contributed by atoms with Crippen molar-refractivity contribution in [1.29, 1.82) is 0 Å². The van der Waals surface area contributed by atoms with Gasteiger partial charge in [0, 0.05) is 37.3 Å². The molecule has 0 unspecified atom stereocenters. The number of nitrogens with one attached hydrogen (secondary N) is 3. The highest BCUT2D eigenvalue weighted by Crippen LogP contribution is 2.44. The maximum absolute atomic E-state index is 13.3. The summed E-state index contributed by atoms with van der Waals surface area (Å²) in [4.78, 5) is 39.4. The van der Waals surface area contributed by atoms with Gasteiger partial charge in [-0.1, -0.05) is 80.6 Å². The lowest BCUT2D eigenvalue weighted by atomic mass is 9.98. The summed E-state index contributed by atoms with van der Waals surface area (Å²) in [7, 11) is -2.49. The first kappa shape index (κ1) is 36.9. The summed E-state index contributed by atoms with van der Waals surface area (Å²) in [5, 5.41) is 16.0. The van der Waals surface area contributed by atoms with Gasteiger partial charge in [0.1, 0.15) is 18.4 Å². The Morgan fingerprint density at radius 2 is 1.51 bits per heavy atom. The van der Waals surface area contributed by atoms with Crippen molar-refractivity contribution >= 4 is 50.4 Å². The summed E-state index contributed by atoms with van der Waals surface area (Å²) in [6.07, 6.45) is 2.19. The van der Waals surface area contributed by atoms with E-state index in [0.717, 1.165) is 22.3 Å². The lowest BCUT2D eigenvalue weighted by molar-refractivity contribution is -0.147. The van der Waals surface area contributed by atoms with Crippen LogP contribution in [0.1, 0.15) is 36.5 Å². The number of phenolic OH excluding ortho intramolecular Hbond substituents is 1. The molecular weight excluding hydrogens is 723 g/mol. The second-order valence-electron chi connectivity index (χ2n) is 13.5. The number of hydrogen-bond acceptors (Lipinski definition) is 11. The molecule has 4 aromatic carbocycles. The zero-order chi connectivity index (χ0) is 38.7. The number of phenols is 1. The van der Waals surface area contributed by atoms with Crippen molar-refractivity contribution in [2.75, 3.05) is 23.3 Å². The normalized spacial score (nSPS) is 12.9. The lowest BCUT2D eigenvalue weighted by Gasteiger charge is -2.22. The quantitative estimate of drug-likeness (QED) is 0.0973.